The average molecular weight is 250 g/mol. The lowest BCUT2D eigenvalue weighted by molar-refractivity contribution is 0.101. The van der Waals surface area contributed by atoms with Crippen LogP contribution in [0.15, 0.2) is 40.6 Å². The van der Waals surface area contributed by atoms with Gasteiger partial charge < -0.3 is 4.57 Å². The van der Waals surface area contributed by atoms with E-state index in [1.54, 1.807) is 23.0 Å². The maximum Gasteiger partial charge on any atom is 0.172 e. The molecule has 1 aromatic heterocycles. The van der Waals surface area contributed by atoms with Gasteiger partial charge in [-0.25, -0.2) is 9.37 Å². The van der Waals surface area contributed by atoms with Gasteiger partial charge in [0.2, 0.25) is 0 Å². The first-order valence-corrected chi connectivity index (χ1v) is 5.86. The van der Waals surface area contributed by atoms with Crippen molar-refractivity contribution in [2.24, 2.45) is 7.05 Å². The summed E-state index contributed by atoms with van der Waals surface area (Å²) in [5.74, 6) is -0.549. The smallest absolute Gasteiger partial charge is 0.172 e. The van der Waals surface area contributed by atoms with E-state index in [-0.39, 0.29) is 5.78 Å². The molecule has 2 rings (SSSR count). The molecular weight excluding hydrogens is 239 g/mol. The number of carbonyl (C=O) groups excluding carboxylic acids is 1. The van der Waals surface area contributed by atoms with Crippen LogP contribution in [0.1, 0.15) is 17.3 Å². The van der Waals surface area contributed by atoms with Gasteiger partial charge in [-0.2, -0.15) is 0 Å². The van der Waals surface area contributed by atoms with Gasteiger partial charge >= 0.3 is 0 Å². The molecule has 3 nitrogen and oxygen atoms in total. The maximum atomic E-state index is 13.7. The maximum absolute atomic E-state index is 13.7. The van der Waals surface area contributed by atoms with E-state index in [0.717, 1.165) is 11.8 Å². The highest BCUT2D eigenvalue weighted by Crippen LogP contribution is 2.31. The first-order valence-electron chi connectivity index (χ1n) is 5.04. The number of aromatic nitrogens is 2. The van der Waals surface area contributed by atoms with Gasteiger partial charge in [0.1, 0.15) is 5.82 Å². The normalized spacial score (nSPS) is 10.5. The molecule has 17 heavy (non-hydrogen) atoms. The molecule has 0 bridgehead atoms. The molecule has 0 amide bonds. The third kappa shape index (κ3) is 2.39. The third-order valence-corrected chi connectivity index (χ3v) is 3.51. The van der Waals surface area contributed by atoms with Crippen LogP contribution in [-0.4, -0.2) is 15.3 Å². The molecule has 5 heteroatoms. The van der Waals surface area contributed by atoms with Crippen LogP contribution in [0.5, 0.6) is 0 Å². The summed E-state index contributed by atoms with van der Waals surface area (Å²) in [7, 11) is 1.82. The minimum atomic E-state index is -0.397. The van der Waals surface area contributed by atoms with E-state index in [1.165, 1.54) is 19.1 Å². The largest absolute Gasteiger partial charge is 0.329 e. The number of benzene rings is 1. The highest BCUT2D eigenvalue weighted by atomic mass is 32.2. The van der Waals surface area contributed by atoms with Crippen LogP contribution >= 0.6 is 11.8 Å². The topological polar surface area (TPSA) is 34.9 Å². The van der Waals surface area contributed by atoms with Crippen molar-refractivity contribution in [3.8, 4) is 0 Å². The minimum absolute atomic E-state index is 0.152. The average Bonchev–Trinajstić information content (AvgIpc) is 2.67. The van der Waals surface area contributed by atoms with E-state index in [1.807, 2.05) is 7.05 Å². The van der Waals surface area contributed by atoms with Crippen molar-refractivity contribution in [3.05, 3.63) is 42.0 Å². The molecule has 0 aliphatic carbocycles. The SMILES string of the molecule is CC(=O)c1cccc(F)c1Sc1nccn1C. The fourth-order valence-electron chi connectivity index (χ4n) is 1.43. The molecule has 0 fully saturated rings. The van der Waals surface area contributed by atoms with Crippen molar-refractivity contribution in [2.45, 2.75) is 17.0 Å². The van der Waals surface area contributed by atoms with Crippen LogP contribution in [0.2, 0.25) is 0 Å². The second kappa shape index (κ2) is 4.71. The number of halogens is 1. The second-order valence-corrected chi connectivity index (χ2v) is 4.57. The number of rotatable bonds is 3. The highest BCUT2D eigenvalue weighted by molar-refractivity contribution is 7.99. The Kier molecular flexibility index (Phi) is 3.28. The summed E-state index contributed by atoms with van der Waals surface area (Å²) in [5.41, 5.74) is 0.387. The Morgan fingerprint density at radius 3 is 2.82 bits per heavy atom. The van der Waals surface area contributed by atoms with Gasteiger partial charge in [-0.1, -0.05) is 12.1 Å². The number of aryl methyl sites for hydroxylation is 1. The summed E-state index contributed by atoms with van der Waals surface area (Å²) in [5, 5.41) is 0.651. The van der Waals surface area contributed by atoms with Crippen molar-refractivity contribution in [1.82, 2.24) is 9.55 Å². The Morgan fingerprint density at radius 2 is 2.24 bits per heavy atom. The molecule has 0 unspecified atom stereocenters. The summed E-state index contributed by atoms with van der Waals surface area (Å²) < 4.78 is 15.5. The number of carbonyl (C=O) groups is 1. The lowest BCUT2D eigenvalue weighted by Crippen LogP contribution is -1.99. The quantitative estimate of drug-likeness (QED) is 0.786. The Morgan fingerprint density at radius 1 is 1.47 bits per heavy atom. The van der Waals surface area contributed by atoms with Crippen LogP contribution in [0.25, 0.3) is 0 Å². The zero-order valence-electron chi connectivity index (χ0n) is 9.48. The van der Waals surface area contributed by atoms with Crippen molar-refractivity contribution in [3.63, 3.8) is 0 Å². The Labute approximate surface area is 103 Å². The molecule has 1 aromatic carbocycles. The van der Waals surface area contributed by atoms with Gasteiger partial charge in [-0.15, -0.1) is 0 Å². The van der Waals surface area contributed by atoms with Crippen LogP contribution in [0, 0.1) is 5.82 Å². The van der Waals surface area contributed by atoms with Crippen LogP contribution in [-0.2, 0) is 7.05 Å². The predicted molar refractivity (Wildman–Crippen MR) is 63.7 cm³/mol. The number of hydrogen-bond acceptors (Lipinski definition) is 3. The summed E-state index contributed by atoms with van der Waals surface area (Å²) in [6.07, 6.45) is 3.41. The fourth-order valence-corrected chi connectivity index (χ4v) is 2.42. The van der Waals surface area contributed by atoms with Crippen molar-refractivity contribution in [1.29, 1.82) is 0 Å². The zero-order valence-corrected chi connectivity index (χ0v) is 10.3. The number of ketones is 1. The lowest BCUT2D eigenvalue weighted by Gasteiger charge is -2.07. The van der Waals surface area contributed by atoms with E-state index in [4.69, 9.17) is 0 Å². The van der Waals surface area contributed by atoms with Crippen molar-refractivity contribution in [2.75, 3.05) is 0 Å². The molecule has 88 valence electrons. The molecule has 0 aliphatic heterocycles. The monoisotopic (exact) mass is 250 g/mol. The molecule has 0 spiro atoms. The lowest BCUT2D eigenvalue weighted by atomic mass is 10.1. The van der Waals surface area contributed by atoms with E-state index in [0.29, 0.717) is 15.6 Å². The molecule has 0 saturated carbocycles. The molecule has 1 heterocycles. The minimum Gasteiger partial charge on any atom is -0.329 e. The van der Waals surface area contributed by atoms with Crippen LogP contribution < -0.4 is 0 Å². The Bertz CT molecular complexity index is 565. The van der Waals surface area contributed by atoms with Crippen LogP contribution in [0.3, 0.4) is 0 Å². The molecule has 2 aromatic rings. The number of imidazole rings is 1. The van der Waals surface area contributed by atoms with Crippen molar-refractivity contribution < 1.29 is 9.18 Å². The van der Waals surface area contributed by atoms with Crippen molar-refractivity contribution >= 4 is 17.5 Å². The zero-order chi connectivity index (χ0) is 12.4. The van der Waals surface area contributed by atoms with Gasteiger partial charge in [0, 0.05) is 25.0 Å². The molecule has 0 N–H and O–H groups in total. The van der Waals surface area contributed by atoms with Gasteiger partial charge in [0.15, 0.2) is 10.9 Å². The summed E-state index contributed by atoms with van der Waals surface area (Å²) in [4.78, 5) is 15.9. The molecule has 0 atom stereocenters. The van der Waals surface area contributed by atoms with E-state index < -0.39 is 5.82 Å². The Hall–Kier alpha value is -1.62. The first-order chi connectivity index (χ1) is 8.09. The predicted octanol–water partition coefficient (Wildman–Crippen LogP) is 2.91. The fraction of sp³-hybridized carbons (Fsp3) is 0.167. The van der Waals surface area contributed by atoms with E-state index in [2.05, 4.69) is 4.98 Å². The second-order valence-electron chi connectivity index (χ2n) is 3.60. The Balaban J connectivity index is 2.45. The molecule has 0 radical (unpaired) electrons. The van der Waals surface area contributed by atoms with Gasteiger partial charge in [0.05, 0.1) is 4.90 Å². The van der Waals surface area contributed by atoms with Gasteiger partial charge in [0.25, 0.3) is 0 Å². The van der Waals surface area contributed by atoms with Gasteiger partial charge in [-0.05, 0) is 24.8 Å². The highest BCUT2D eigenvalue weighted by Gasteiger charge is 2.15. The number of nitrogens with zero attached hydrogens (tertiary/aromatic N) is 2. The molecule has 0 aliphatic rings. The first kappa shape index (κ1) is 11.9. The van der Waals surface area contributed by atoms with E-state index >= 15 is 0 Å². The summed E-state index contributed by atoms with van der Waals surface area (Å²) in [6, 6.07) is 4.50. The van der Waals surface area contributed by atoms with E-state index in [9.17, 15) is 9.18 Å². The summed E-state index contributed by atoms with van der Waals surface area (Å²) >= 11 is 1.16. The standard InChI is InChI=1S/C12H11FN2OS/c1-8(16)9-4-3-5-10(13)11(9)17-12-14-6-7-15(12)2/h3-7H,1-2H3. The third-order valence-electron chi connectivity index (χ3n) is 2.32. The summed E-state index contributed by atoms with van der Waals surface area (Å²) in [6.45, 7) is 1.43. The van der Waals surface area contributed by atoms with Crippen LogP contribution in [0.4, 0.5) is 4.39 Å². The molecule has 0 saturated heterocycles. The molecular formula is C12H11FN2OS. The number of hydrogen-bond donors (Lipinski definition) is 0. The van der Waals surface area contributed by atoms with Gasteiger partial charge in [-0.3, -0.25) is 4.79 Å². The number of Topliss-reactive ketones (excluding diaryl/α,β-unsaturated/α-hetero) is 1.